The summed E-state index contributed by atoms with van der Waals surface area (Å²) < 4.78 is 5.72. The van der Waals surface area contributed by atoms with E-state index in [1.54, 1.807) is 12.1 Å². The minimum absolute atomic E-state index is 0.340. The molecule has 3 atom stereocenters. The highest BCUT2D eigenvalue weighted by Gasteiger charge is 2.22. The van der Waals surface area contributed by atoms with Crippen LogP contribution < -0.4 is 5.32 Å². The molecule has 20 heavy (non-hydrogen) atoms. The van der Waals surface area contributed by atoms with Crippen LogP contribution in [0.3, 0.4) is 0 Å². The highest BCUT2D eigenvalue weighted by molar-refractivity contribution is 5.25. The first-order valence-electron chi connectivity index (χ1n) is 7.83. The number of hydrogen-bond donors (Lipinski definition) is 2. The summed E-state index contributed by atoms with van der Waals surface area (Å²) >= 11 is 0. The molecule has 2 rings (SSSR count). The van der Waals surface area contributed by atoms with Crippen molar-refractivity contribution < 1.29 is 9.84 Å². The van der Waals surface area contributed by atoms with Crippen LogP contribution in [0.15, 0.2) is 24.3 Å². The van der Waals surface area contributed by atoms with Crippen molar-refractivity contribution in [2.24, 2.45) is 0 Å². The number of benzene rings is 1. The predicted molar refractivity (Wildman–Crippen MR) is 82.1 cm³/mol. The molecule has 2 N–H and O–H groups in total. The van der Waals surface area contributed by atoms with Gasteiger partial charge in [0.05, 0.1) is 6.10 Å². The Morgan fingerprint density at radius 3 is 2.80 bits per heavy atom. The maximum Gasteiger partial charge on any atom is 0.115 e. The number of aromatic hydroxyl groups is 1. The molecular formula is C17H27NO2. The Labute approximate surface area is 122 Å². The zero-order valence-corrected chi connectivity index (χ0v) is 12.6. The van der Waals surface area contributed by atoms with Crippen molar-refractivity contribution >= 4 is 0 Å². The monoisotopic (exact) mass is 277 g/mol. The van der Waals surface area contributed by atoms with E-state index in [2.05, 4.69) is 19.2 Å². The summed E-state index contributed by atoms with van der Waals surface area (Å²) in [5.74, 6) is 0.340. The van der Waals surface area contributed by atoms with Gasteiger partial charge in [-0.1, -0.05) is 19.1 Å². The van der Waals surface area contributed by atoms with Crippen molar-refractivity contribution in [1.29, 1.82) is 0 Å². The molecule has 0 amide bonds. The lowest BCUT2D eigenvalue weighted by molar-refractivity contribution is -0.00173. The van der Waals surface area contributed by atoms with E-state index in [0.717, 1.165) is 38.7 Å². The Morgan fingerprint density at radius 2 is 2.10 bits per heavy atom. The average Bonchev–Trinajstić information content (AvgIpc) is 2.47. The second-order valence-corrected chi connectivity index (χ2v) is 5.90. The summed E-state index contributed by atoms with van der Waals surface area (Å²) in [6.45, 7) is 5.35. The van der Waals surface area contributed by atoms with Gasteiger partial charge in [-0.2, -0.15) is 0 Å². The van der Waals surface area contributed by atoms with Crippen molar-refractivity contribution in [2.75, 3.05) is 6.61 Å². The Morgan fingerprint density at radius 1 is 1.35 bits per heavy atom. The quantitative estimate of drug-likeness (QED) is 0.838. The van der Waals surface area contributed by atoms with Gasteiger partial charge >= 0.3 is 0 Å². The van der Waals surface area contributed by atoms with E-state index in [1.165, 1.54) is 5.56 Å². The van der Waals surface area contributed by atoms with E-state index in [1.807, 2.05) is 12.1 Å². The summed E-state index contributed by atoms with van der Waals surface area (Å²) in [5, 5.41) is 13.0. The highest BCUT2D eigenvalue weighted by Crippen LogP contribution is 2.18. The van der Waals surface area contributed by atoms with Crippen LogP contribution in [0.5, 0.6) is 5.75 Å². The van der Waals surface area contributed by atoms with Gasteiger partial charge in [-0.3, -0.25) is 0 Å². The number of aryl methyl sites for hydroxylation is 1. The van der Waals surface area contributed by atoms with Crippen LogP contribution in [0.25, 0.3) is 0 Å². The smallest absolute Gasteiger partial charge is 0.115 e. The van der Waals surface area contributed by atoms with Gasteiger partial charge in [0.25, 0.3) is 0 Å². The molecular weight excluding hydrogens is 250 g/mol. The zero-order chi connectivity index (χ0) is 14.4. The summed E-state index contributed by atoms with van der Waals surface area (Å²) in [5.41, 5.74) is 1.29. The fourth-order valence-corrected chi connectivity index (χ4v) is 2.85. The van der Waals surface area contributed by atoms with Crippen LogP contribution in [0.1, 0.15) is 45.1 Å². The molecule has 0 aromatic heterocycles. The number of phenols is 1. The Balaban J connectivity index is 1.72. The van der Waals surface area contributed by atoms with Crippen LogP contribution in [0, 0.1) is 0 Å². The molecule has 1 aromatic rings. The van der Waals surface area contributed by atoms with Crippen LogP contribution in [0.4, 0.5) is 0 Å². The molecule has 1 saturated heterocycles. The minimum atomic E-state index is 0.340. The summed E-state index contributed by atoms with van der Waals surface area (Å²) in [7, 11) is 0. The summed E-state index contributed by atoms with van der Waals surface area (Å²) in [6.07, 6.45) is 5.99. The van der Waals surface area contributed by atoms with Crippen LogP contribution in [0.2, 0.25) is 0 Å². The van der Waals surface area contributed by atoms with Crippen molar-refractivity contribution in [2.45, 2.75) is 64.1 Å². The highest BCUT2D eigenvalue weighted by atomic mass is 16.5. The summed E-state index contributed by atoms with van der Waals surface area (Å²) in [4.78, 5) is 0. The van der Waals surface area contributed by atoms with Gasteiger partial charge < -0.3 is 15.2 Å². The third kappa shape index (κ3) is 4.80. The molecule has 1 aliphatic heterocycles. The number of phenolic OH excluding ortho intramolecular Hbond substituents is 1. The van der Waals surface area contributed by atoms with Crippen molar-refractivity contribution in [3.63, 3.8) is 0 Å². The van der Waals surface area contributed by atoms with Crippen LogP contribution in [-0.2, 0) is 11.2 Å². The standard InChI is InChI=1S/C17H27NO2/c1-3-17-12-15(10-11-20-17)18-13(2)4-5-14-6-8-16(19)9-7-14/h6-9,13,15,17-19H,3-5,10-12H2,1-2H3. The fourth-order valence-electron chi connectivity index (χ4n) is 2.85. The molecule has 112 valence electrons. The molecule has 1 fully saturated rings. The van der Waals surface area contributed by atoms with E-state index < -0.39 is 0 Å². The molecule has 0 radical (unpaired) electrons. The molecule has 3 nitrogen and oxygen atoms in total. The summed E-state index contributed by atoms with van der Waals surface area (Å²) in [6, 6.07) is 8.65. The maximum atomic E-state index is 9.27. The second-order valence-electron chi connectivity index (χ2n) is 5.90. The lowest BCUT2D eigenvalue weighted by atomic mass is 9.99. The lowest BCUT2D eigenvalue weighted by Crippen LogP contribution is -2.43. The van der Waals surface area contributed by atoms with Gasteiger partial charge in [0, 0.05) is 18.7 Å². The fraction of sp³-hybridized carbons (Fsp3) is 0.647. The first-order valence-corrected chi connectivity index (χ1v) is 7.83. The third-order valence-corrected chi connectivity index (χ3v) is 4.15. The van der Waals surface area contributed by atoms with Crippen LogP contribution in [-0.4, -0.2) is 29.9 Å². The van der Waals surface area contributed by atoms with Crippen molar-refractivity contribution in [3.05, 3.63) is 29.8 Å². The van der Waals surface area contributed by atoms with Crippen molar-refractivity contribution in [3.8, 4) is 5.75 Å². The lowest BCUT2D eigenvalue weighted by Gasteiger charge is -2.31. The number of rotatable bonds is 6. The molecule has 0 saturated carbocycles. The van der Waals surface area contributed by atoms with E-state index in [-0.39, 0.29) is 0 Å². The molecule has 0 bridgehead atoms. The minimum Gasteiger partial charge on any atom is -0.508 e. The largest absolute Gasteiger partial charge is 0.508 e. The predicted octanol–water partition coefficient (Wildman–Crippen LogP) is 3.26. The molecule has 0 aliphatic carbocycles. The number of hydrogen-bond acceptors (Lipinski definition) is 3. The zero-order valence-electron chi connectivity index (χ0n) is 12.6. The Kier molecular flexibility index (Phi) is 5.86. The molecule has 3 heteroatoms. The van der Waals surface area contributed by atoms with Gasteiger partial charge in [0.1, 0.15) is 5.75 Å². The third-order valence-electron chi connectivity index (χ3n) is 4.15. The SMILES string of the molecule is CCC1CC(NC(C)CCc2ccc(O)cc2)CCO1. The van der Waals surface area contributed by atoms with Gasteiger partial charge in [-0.05, 0) is 56.7 Å². The van der Waals surface area contributed by atoms with E-state index in [4.69, 9.17) is 4.74 Å². The first kappa shape index (κ1) is 15.3. The Hall–Kier alpha value is -1.06. The molecule has 1 aliphatic rings. The molecule has 0 spiro atoms. The Bertz CT molecular complexity index is 390. The van der Waals surface area contributed by atoms with E-state index in [9.17, 15) is 5.11 Å². The molecule has 3 unspecified atom stereocenters. The maximum absolute atomic E-state index is 9.27. The number of nitrogens with one attached hydrogen (secondary N) is 1. The van der Waals surface area contributed by atoms with Gasteiger partial charge in [0.15, 0.2) is 0 Å². The van der Waals surface area contributed by atoms with Crippen molar-refractivity contribution in [1.82, 2.24) is 5.32 Å². The average molecular weight is 277 g/mol. The van der Waals surface area contributed by atoms with Gasteiger partial charge in [-0.15, -0.1) is 0 Å². The molecule has 1 aromatic carbocycles. The normalized spacial score (nSPS) is 24.5. The second kappa shape index (κ2) is 7.65. The van der Waals surface area contributed by atoms with Gasteiger partial charge in [-0.25, -0.2) is 0 Å². The van der Waals surface area contributed by atoms with E-state index in [0.29, 0.717) is 23.9 Å². The molecule has 1 heterocycles. The van der Waals surface area contributed by atoms with Gasteiger partial charge in [0.2, 0.25) is 0 Å². The first-order chi connectivity index (χ1) is 9.67. The van der Waals surface area contributed by atoms with Crippen LogP contribution >= 0.6 is 0 Å². The van der Waals surface area contributed by atoms with E-state index >= 15 is 0 Å². The number of ether oxygens (including phenoxy) is 1. The topological polar surface area (TPSA) is 41.5 Å².